The minimum atomic E-state index is 0.725. The molecule has 0 amide bonds. The van der Waals surface area contributed by atoms with Crippen LogP contribution in [0.5, 0.6) is 0 Å². The highest BCUT2D eigenvalue weighted by Gasteiger charge is 1.98. The van der Waals surface area contributed by atoms with Gasteiger partial charge >= 0.3 is 0 Å². The first-order valence-electron chi connectivity index (χ1n) is 4.19. The number of nitrogens with zero attached hydrogens (tertiary/aromatic N) is 1. The summed E-state index contributed by atoms with van der Waals surface area (Å²) in [4.78, 5) is 4.30. The van der Waals surface area contributed by atoms with Crippen molar-refractivity contribution in [2.75, 3.05) is 5.32 Å². The molecule has 0 aliphatic heterocycles. The van der Waals surface area contributed by atoms with E-state index in [2.05, 4.69) is 10.3 Å². The third-order valence-electron chi connectivity index (χ3n) is 1.69. The van der Waals surface area contributed by atoms with Crippen molar-refractivity contribution < 1.29 is 0 Å². The lowest BCUT2D eigenvalue weighted by Crippen LogP contribution is -1.88. The van der Waals surface area contributed by atoms with Gasteiger partial charge in [-0.05, 0) is 25.1 Å². The fourth-order valence-corrected chi connectivity index (χ4v) is 2.00. The van der Waals surface area contributed by atoms with Gasteiger partial charge in [0.15, 0.2) is 5.13 Å². The van der Waals surface area contributed by atoms with Gasteiger partial charge < -0.3 is 5.32 Å². The summed E-state index contributed by atoms with van der Waals surface area (Å²) in [6.45, 7) is 1.97. The first-order valence-corrected chi connectivity index (χ1v) is 5.44. The maximum Gasteiger partial charge on any atom is 0.187 e. The average Bonchev–Trinajstić information content (AvgIpc) is 2.51. The number of hydrogen-bond acceptors (Lipinski definition) is 3. The molecule has 0 atom stereocenters. The summed E-state index contributed by atoms with van der Waals surface area (Å²) in [6, 6.07) is 7.59. The van der Waals surface area contributed by atoms with Crippen molar-refractivity contribution in [2.45, 2.75) is 6.92 Å². The zero-order valence-corrected chi connectivity index (χ0v) is 9.19. The van der Waals surface area contributed by atoms with E-state index in [1.807, 2.05) is 36.6 Å². The Kier molecular flexibility index (Phi) is 2.70. The van der Waals surface area contributed by atoms with Crippen LogP contribution < -0.4 is 5.32 Å². The van der Waals surface area contributed by atoms with E-state index in [0.29, 0.717) is 0 Å². The van der Waals surface area contributed by atoms with Crippen LogP contribution >= 0.6 is 22.9 Å². The van der Waals surface area contributed by atoms with Crippen LogP contribution in [-0.2, 0) is 0 Å². The third-order valence-corrected chi connectivity index (χ3v) is 2.81. The monoisotopic (exact) mass is 224 g/mol. The third kappa shape index (κ3) is 2.25. The second-order valence-electron chi connectivity index (χ2n) is 2.93. The van der Waals surface area contributed by atoms with Crippen LogP contribution in [-0.4, -0.2) is 4.98 Å². The number of rotatable bonds is 2. The van der Waals surface area contributed by atoms with Gasteiger partial charge in [0.05, 0.1) is 5.69 Å². The molecule has 0 fully saturated rings. The van der Waals surface area contributed by atoms with E-state index in [4.69, 9.17) is 11.6 Å². The number of benzene rings is 1. The molecule has 1 aromatic carbocycles. The van der Waals surface area contributed by atoms with E-state index >= 15 is 0 Å². The van der Waals surface area contributed by atoms with Crippen LogP contribution in [0.3, 0.4) is 0 Å². The fraction of sp³-hybridized carbons (Fsp3) is 0.100. The number of nitrogens with one attached hydrogen (secondary N) is 1. The van der Waals surface area contributed by atoms with Crippen molar-refractivity contribution in [3.8, 4) is 0 Å². The second-order valence-corrected chi connectivity index (χ2v) is 4.22. The van der Waals surface area contributed by atoms with Crippen LogP contribution in [0, 0.1) is 6.92 Å². The lowest BCUT2D eigenvalue weighted by atomic mass is 10.3. The first-order chi connectivity index (χ1) is 6.74. The molecule has 0 bridgehead atoms. The summed E-state index contributed by atoms with van der Waals surface area (Å²) in [5, 5.41) is 6.81. The lowest BCUT2D eigenvalue weighted by molar-refractivity contribution is 1.26. The Morgan fingerprint density at radius 3 is 2.93 bits per heavy atom. The van der Waals surface area contributed by atoms with E-state index in [9.17, 15) is 0 Å². The Morgan fingerprint density at radius 1 is 1.43 bits per heavy atom. The van der Waals surface area contributed by atoms with Gasteiger partial charge in [-0.15, -0.1) is 11.3 Å². The van der Waals surface area contributed by atoms with Gasteiger partial charge in [-0.3, -0.25) is 0 Å². The van der Waals surface area contributed by atoms with Gasteiger partial charge in [-0.1, -0.05) is 17.7 Å². The predicted molar refractivity (Wildman–Crippen MR) is 61.6 cm³/mol. The van der Waals surface area contributed by atoms with Crippen molar-refractivity contribution in [2.24, 2.45) is 0 Å². The van der Waals surface area contributed by atoms with Gasteiger partial charge in [0.1, 0.15) is 0 Å². The molecule has 2 nitrogen and oxygen atoms in total. The Morgan fingerprint density at radius 2 is 2.29 bits per heavy atom. The zero-order valence-electron chi connectivity index (χ0n) is 7.62. The SMILES string of the molecule is Cc1csc(Nc2cccc(Cl)c2)n1. The molecule has 2 aromatic rings. The molecule has 0 saturated heterocycles. The molecule has 0 aliphatic rings. The van der Waals surface area contributed by atoms with Crippen LogP contribution in [0.15, 0.2) is 29.6 Å². The largest absolute Gasteiger partial charge is 0.331 e. The Hall–Kier alpha value is -1.06. The molecule has 0 saturated carbocycles. The molecule has 0 spiro atoms. The minimum Gasteiger partial charge on any atom is -0.331 e. The molecule has 14 heavy (non-hydrogen) atoms. The molecule has 72 valence electrons. The maximum absolute atomic E-state index is 5.86. The summed E-state index contributed by atoms with van der Waals surface area (Å²) in [7, 11) is 0. The number of halogens is 1. The molecule has 1 N–H and O–H groups in total. The summed E-state index contributed by atoms with van der Waals surface area (Å²) in [5.41, 5.74) is 1.99. The Balaban J connectivity index is 2.18. The van der Waals surface area contributed by atoms with E-state index in [0.717, 1.165) is 21.5 Å². The predicted octanol–water partition coefficient (Wildman–Crippen LogP) is 3.85. The molecular weight excluding hydrogens is 216 g/mol. The molecule has 0 radical (unpaired) electrons. The highest BCUT2D eigenvalue weighted by molar-refractivity contribution is 7.13. The van der Waals surface area contributed by atoms with E-state index in [-0.39, 0.29) is 0 Å². The van der Waals surface area contributed by atoms with Gasteiger partial charge in [-0.2, -0.15) is 0 Å². The van der Waals surface area contributed by atoms with Crippen molar-refractivity contribution in [1.82, 2.24) is 4.98 Å². The van der Waals surface area contributed by atoms with Crippen molar-refractivity contribution in [1.29, 1.82) is 0 Å². The molecule has 0 unspecified atom stereocenters. The lowest BCUT2D eigenvalue weighted by Gasteiger charge is -2.01. The summed E-state index contributed by atoms with van der Waals surface area (Å²) >= 11 is 7.44. The highest BCUT2D eigenvalue weighted by atomic mass is 35.5. The van der Waals surface area contributed by atoms with Gasteiger partial charge in [0, 0.05) is 16.1 Å². The fourth-order valence-electron chi connectivity index (χ4n) is 1.10. The number of aryl methyl sites for hydroxylation is 1. The Bertz CT molecular complexity index is 439. The number of hydrogen-bond donors (Lipinski definition) is 1. The second kappa shape index (κ2) is 3.98. The summed E-state index contributed by atoms with van der Waals surface area (Å²) < 4.78 is 0. The van der Waals surface area contributed by atoms with Gasteiger partial charge in [0.2, 0.25) is 0 Å². The van der Waals surface area contributed by atoms with Crippen molar-refractivity contribution in [3.63, 3.8) is 0 Å². The average molecular weight is 225 g/mol. The zero-order chi connectivity index (χ0) is 9.97. The van der Waals surface area contributed by atoms with Crippen LogP contribution in [0.4, 0.5) is 10.8 Å². The van der Waals surface area contributed by atoms with Crippen LogP contribution in [0.25, 0.3) is 0 Å². The molecule has 1 heterocycles. The van der Waals surface area contributed by atoms with Crippen LogP contribution in [0.2, 0.25) is 5.02 Å². The van der Waals surface area contributed by atoms with Crippen molar-refractivity contribution in [3.05, 3.63) is 40.4 Å². The van der Waals surface area contributed by atoms with Gasteiger partial charge in [0.25, 0.3) is 0 Å². The highest BCUT2D eigenvalue weighted by Crippen LogP contribution is 2.22. The van der Waals surface area contributed by atoms with E-state index < -0.39 is 0 Å². The van der Waals surface area contributed by atoms with Gasteiger partial charge in [-0.25, -0.2) is 4.98 Å². The molecule has 2 rings (SSSR count). The summed E-state index contributed by atoms with van der Waals surface area (Å²) in [6.07, 6.45) is 0. The number of thiazole rings is 1. The number of anilines is 2. The number of aromatic nitrogens is 1. The maximum atomic E-state index is 5.86. The van der Waals surface area contributed by atoms with E-state index in [1.54, 1.807) is 11.3 Å². The molecule has 1 aromatic heterocycles. The normalized spacial score (nSPS) is 10.1. The topological polar surface area (TPSA) is 24.9 Å². The molecular formula is C10H9ClN2S. The smallest absolute Gasteiger partial charge is 0.187 e. The summed E-state index contributed by atoms with van der Waals surface area (Å²) in [5.74, 6) is 0. The van der Waals surface area contributed by atoms with Crippen LogP contribution in [0.1, 0.15) is 5.69 Å². The quantitative estimate of drug-likeness (QED) is 0.838. The standard InChI is InChI=1S/C10H9ClN2S/c1-7-6-14-10(12-7)13-9-4-2-3-8(11)5-9/h2-6H,1H3,(H,12,13). The van der Waals surface area contributed by atoms with E-state index in [1.165, 1.54) is 0 Å². The van der Waals surface area contributed by atoms with Crippen molar-refractivity contribution >= 4 is 33.8 Å². The first kappa shape index (κ1) is 9.49. The molecule has 0 aliphatic carbocycles. The molecule has 4 heteroatoms. The Labute approximate surface area is 91.6 Å². The minimum absolute atomic E-state index is 0.725.